The van der Waals surface area contributed by atoms with Crippen LogP contribution in [0, 0.1) is 11.8 Å². The third-order valence-corrected chi connectivity index (χ3v) is 4.20. The number of ether oxygens (including phenoxy) is 2. The van der Waals surface area contributed by atoms with Gasteiger partial charge >= 0.3 is 11.9 Å². The second-order valence-electron chi connectivity index (χ2n) is 5.52. The van der Waals surface area contributed by atoms with Crippen molar-refractivity contribution < 1.29 is 19.1 Å². The van der Waals surface area contributed by atoms with Crippen molar-refractivity contribution in [1.29, 1.82) is 0 Å². The number of rotatable bonds is 3. The summed E-state index contributed by atoms with van der Waals surface area (Å²) >= 11 is 0. The Morgan fingerprint density at radius 3 is 2.62 bits per heavy atom. The molecule has 0 amide bonds. The van der Waals surface area contributed by atoms with E-state index in [0.717, 1.165) is 5.56 Å². The first-order valence-corrected chi connectivity index (χ1v) is 7.27. The van der Waals surface area contributed by atoms with Crippen molar-refractivity contribution in [2.45, 2.75) is 25.9 Å². The number of fused-ring (bicyclic) bond motifs is 1. The fourth-order valence-corrected chi connectivity index (χ4v) is 3.24. The Hall–Kier alpha value is -2.10. The molecule has 0 aromatic heterocycles. The van der Waals surface area contributed by atoms with Crippen molar-refractivity contribution in [3.05, 3.63) is 47.5 Å². The zero-order valence-corrected chi connectivity index (χ0v) is 12.1. The van der Waals surface area contributed by atoms with Gasteiger partial charge in [0.15, 0.2) is 0 Å². The van der Waals surface area contributed by atoms with Gasteiger partial charge in [0.2, 0.25) is 0 Å². The molecule has 2 aliphatic rings. The summed E-state index contributed by atoms with van der Waals surface area (Å²) in [5.74, 6) is -1.08. The fourth-order valence-electron chi connectivity index (χ4n) is 3.24. The minimum Gasteiger partial charge on any atom is -0.463 e. The van der Waals surface area contributed by atoms with E-state index >= 15 is 0 Å². The van der Waals surface area contributed by atoms with E-state index in [9.17, 15) is 9.59 Å². The van der Waals surface area contributed by atoms with Crippen LogP contribution >= 0.6 is 0 Å². The van der Waals surface area contributed by atoms with Crippen molar-refractivity contribution in [1.82, 2.24) is 0 Å². The van der Waals surface area contributed by atoms with Gasteiger partial charge in [-0.1, -0.05) is 43.3 Å². The standard InChI is InChI=1S/C17H18O4/c1-3-20-16(18)12-9-10(2)15-14(17(19)21-15)13(12)11-7-5-4-6-8-11/h4-10,13-15H,3H2,1-2H3/t10-,13+,14?,15?/m0/s1. The van der Waals surface area contributed by atoms with Gasteiger partial charge < -0.3 is 9.47 Å². The maximum Gasteiger partial charge on any atom is 0.334 e. The largest absolute Gasteiger partial charge is 0.463 e. The van der Waals surface area contributed by atoms with Gasteiger partial charge in [-0.25, -0.2) is 4.79 Å². The van der Waals surface area contributed by atoms with Crippen LogP contribution in [0.5, 0.6) is 0 Å². The number of carbonyl (C=O) groups excluding carboxylic acids is 2. The predicted molar refractivity (Wildman–Crippen MR) is 76.4 cm³/mol. The van der Waals surface area contributed by atoms with Crippen LogP contribution in [0.4, 0.5) is 0 Å². The molecule has 1 aromatic carbocycles. The summed E-state index contributed by atoms with van der Waals surface area (Å²) in [6.45, 7) is 4.07. The Bertz CT molecular complexity index is 590. The zero-order valence-electron chi connectivity index (χ0n) is 12.1. The number of benzene rings is 1. The normalized spacial score (nSPS) is 30.6. The van der Waals surface area contributed by atoms with Crippen LogP contribution in [0.15, 0.2) is 42.0 Å². The minimum atomic E-state index is -0.337. The Morgan fingerprint density at radius 1 is 1.29 bits per heavy atom. The summed E-state index contributed by atoms with van der Waals surface area (Å²) in [7, 11) is 0. The van der Waals surface area contributed by atoms with E-state index in [-0.39, 0.29) is 35.8 Å². The average molecular weight is 286 g/mol. The van der Waals surface area contributed by atoms with Crippen molar-refractivity contribution >= 4 is 11.9 Å². The molecule has 0 N–H and O–H groups in total. The van der Waals surface area contributed by atoms with E-state index in [1.165, 1.54) is 0 Å². The molecule has 3 rings (SSSR count). The van der Waals surface area contributed by atoms with Crippen molar-refractivity contribution in [3.63, 3.8) is 0 Å². The van der Waals surface area contributed by atoms with Gasteiger partial charge in [-0.3, -0.25) is 4.79 Å². The van der Waals surface area contributed by atoms with Gasteiger partial charge in [-0.2, -0.15) is 0 Å². The van der Waals surface area contributed by atoms with Crippen LogP contribution in [-0.4, -0.2) is 24.6 Å². The highest BCUT2D eigenvalue weighted by atomic mass is 16.6. The molecule has 1 fully saturated rings. The molecule has 1 aliphatic carbocycles. The lowest BCUT2D eigenvalue weighted by atomic mass is 9.67. The van der Waals surface area contributed by atoms with E-state index < -0.39 is 0 Å². The first kappa shape index (κ1) is 13.9. The summed E-state index contributed by atoms with van der Waals surface area (Å²) in [6.07, 6.45) is 1.75. The SMILES string of the molecule is CCOC(=O)C1=C[C@H](C)C2OC(=O)C2[C@@H]1c1ccccc1. The van der Waals surface area contributed by atoms with Crippen molar-refractivity contribution in [3.8, 4) is 0 Å². The van der Waals surface area contributed by atoms with Crippen LogP contribution in [0.3, 0.4) is 0 Å². The quantitative estimate of drug-likeness (QED) is 0.801. The fraction of sp³-hybridized carbons (Fsp3) is 0.412. The molecule has 0 radical (unpaired) electrons. The van der Waals surface area contributed by atoms with E-state index in [1.807, 2.05) is 43.3 Å². The monoisotopic (exact) mass is 286 g/mol. The van der Waals surface area contributed by atoms with Gasteiger partial charge in [0, 0.05) is 17.4 Å². The molecule has 4 heteroatoms. The van der Waals surface area contributed by atoms with E-state index in [1.54, 1.807) is 6.92 Å². The molecule has 0 bridgehead atoms. The molecule has 1 aromatic rings. The molecular formula is C17H18O4. The Kier molecular flexibility index (Phi) is 3.53. The molecule has 1 saturated heterocycles. The summed E-state index contributed by atoms with van der Waals surface area (Å²) in [4.78, 5) is 24.2. The van der Waals surface area contributed by atoms with Gasteiger partial charge in [0.05, 0.1) is 6.61 Å². The lowest BCUT2D eigenvalue weighted by Crippen LogP contribution is -2.54. The molecular weight excluding hydrogens is 268 g/mol. The topological polar surface area (TPSA) is 52.6 Å². The molecule has 1 aliphatic heterocycles. The van der Waals surface area contributed by atoms with Crippen LogP contribution in [0.1, 0.15) is 25.3 Å². The van der Waals surface area contributed by atoms with Gasteiger partial charge in [-0.15, -0.1) is 0 Å². The van der Waals surface area contributed by atoms with E-state index in [0.29, 0.717) is 12.2 Å². The zero-order chi connectivity index (χ0) is 15.0. The summed E-state index contributed by atoms with van der Waals surface area (Å²) < 4.78 is 10.4. The summed E-state index contributed by atoms with van der Waals surface area (Å²) in [5, 5.41) is 0. The first-order chi connectivity index (χ1) is 10.1. The highest BCUT2D eigenvalue weighted by Gasteiger charge is 2.54. The van der Waals surface area contributed by atoms with Gasteiger partial charge in [0.25, 0.3) is 0 Å². The molecule has 0 spiro atoms. The van der Waals surface area contributed by atoms with Crippen LogP contribution in [0.25, 0.3) is 0 Å². The van der Waals surface area contributed by atoms with E-state index in [4.69, 9.17) is 9.47 Å². The van der Waals surface area contributed by atoms with Crippen molar-refractivity contribution in [2.24, 2.45) is 11.8 Å². The predicted octanol–water partition coefficient (Wildman–Crippen LogP) is 2.45. The summed E-state index contributed by atoms with van der Waals surface area (Å²) in [5.41, 5.74) is 1.53. The molecule has 0 saturated carbocycles. The number of carbonyl (C=O) groups is 2. The second kappa shape index (κ2) is 5.35. The Labute approximate surface area is 123 Å². The smallest absolute Gasteiger partial charge is 0.334 e. The number of esters is 2. The van der Waals surface area contributed by atoms with Crippen LogP contribution in [0.2, 0.25) is 0 Å². The lowest BCUT2D eigenvalue weighted by Gasteiger charge is -2.46. The molecule has 1 heterocycles. The van der Waals surface area contributed by atoms with E-state index in [2.05, 4.69) is 0 Å². The first-order valence-electron chi connectivity index (χ1n) is 7.27. The molecule has 2 unspecified atom stereocenters. The third-order valence-electron chi connectivity index (χ3n) is 4.20. The van der Waals surface area contributed by atoms with Gasteiger partial charge in [0.1, 0.15) is 12.0 Å². The molecule has 110 valence electrons. The summed E-state index contributed by atoms with van der Waals surface area (Å²) in [6, 6.07) is 9.62. The molecule has 4 nitrogen and oxygen atoms in total. The Morgan fingerprint density at radius 2 is 2.00 bits per heavy atom. The maximum atomic E-state index is 12.3. The van der Waals surface area contributed by atoms with Crippen LogP contribution in [-0.2, 0) is 19.1 Å². The number of hydrogen-bond donors (Lipinski definition) is 0. The molecule has 4 atom stereocenters. The maximum absolute atomic E-state index is 12.3. The van der Waals surface area contributed by atoms with Crippen molar-refractivity contribution in [2.75, 3.05) is 6.61 Å². The second-order valence-corrected chi connectivity index (χ2v) is 5.52. The average Bonchev–Trinajstić information content (AvgIpc) is 2.48. The highest BCUT2D eigenvalue weighted by molar-refractivity contribution is 5.94. The third kappa shape index (κ3) is 2.24. The molecule has 21 heavy (non-hydrogen) atoms. The minimum absolute atomic E-state index is 0.0343. The highest BCUT2D eigenvalue weighted by Crippen LogP contribution is 2.48. The van der Waals surface area contributed by atoms with Gasteiger partial charge in [-0.05, 0) is 12.5 Å². The Balaban J connectivity index is 2.04. The number of hydrogen-bond acceptors (Lipinski definition) is 4. The van der Waals surface area contributed by atoms with Crippen LogP contribution < -0.4 is 0 Å². The lowest BCUT2D eigenvalue weighted by molar-refractivity contribution is -0.192.